The third-order valence-corrected chi connectivity index (χ3v) is 2.88. The molecule has 104 valence electrons. The van der Waals surface area contributed by atoms with Gasteiger partial charge in [0.1, 0.15) is 17.7 Å². The summed E-state index contributed by atoms with van der Waals surface area (Å²) in [6.07, 6.45) is 0. The van der Waals surface area contributed by atoms with E-state index in [0.29, 0.717) is 5.56 Å². The number of benzene rings is 2. The van der Waals surface area contributed by atoms with Crippen LogP contribution in [0, 0.1) is 11.6 Å². The van der Waals surface area contributed by atoms with E-state index in [4.69, 9.17) is 0 Å². The van der Waals surface area contributed by atoms with Crippen LogP contribution in [-0.4, -0.2) is 11.1 Å². The number of halogens is 2. The molecule has 0 aliphatic rings. The van der Waals surface area contributed by atoms with Gasteiger partial charge in [-0.25, -0.2) is 8.78 Å². The Morgan fingerprint density at radius 3 is 2.50 bits per heavy atom. The SMILES string of the molecule is O=C(O)C(NCc1cc(F)ccc1F)c1ccccc1. The monoisotopic (exact) mass is 277 g/mol. The molecule has 1 unspecified atom stereocenters. The van der Waals surface area contributed by atoms with E-state index in [2.05, 4.69) is 5.32 Å². The summed E-state index contributed by atoms with van der Waals surface area (Å²) in [6, 6.07) is 10.6. The van der Waals surface area contributed by atoms with E-state index in [-0.39, 0.29) is 12.1 Å². The molecule has 0 aliphatic heterocycles. The van der Waals surface area contributed by atoms with Crippen LogP contribution in [0.5, 0.6) is 0 Å². The summed E-state index contributed by atoms with van der Waals surface area (Å²) in [4.78, 5) is 11.2. The maximum atomic E-state index is 13.5. The van der Waals surface area contributed by atoms with Gasteiger partial charge in [-0.15, -0.1) is 0 Å². The van der Waals surface area contributed by atoms with E-state index in [9.17, 15) is 18.7 Å². The Balaban J connectivity index is 2.14. The summed E-state index contributed by atoms with van der Waals surface area (Å²) < 4.78 is 26.5. The quantitative estimate of drug-likeness (QED) is 0.883. The van der Waals surface area contributed by atoms with Gasteiger partial charge in [0.2, 0.25) is 0 Å². The standard InChI is InChI=1S/C15H13F2NO2/c16-12-6-7-13(17)11(8-12)9-18-14(15(19)20)10-4-2-1-3-5-10/h1-8,14,18H,9H2,(H,19,20). The van der Waals surface area contributed by atoms with E-state index in [1.54, 1.807) is 30.3 Å². The molecule has 1 atom stereocenters. The van der Waals surface area contributed by atoms with Crippen molar-refractivity contribution in [2.24, 2.45) is 0 Å². The van der Waals surface area contributed by atoms with Gasteiger partial charge in [0.05, 0.1) is 0 Å². The number of rotatable bonds is 5. The van der Waals surface area contributed by atoms with Gasteiger partial charge in [-0.05, 0) is 23.8 Å². The van der Waals surface area contributed by atoms with Gasteiger partial charge in [-0.1, -0.05) is 30.3 Å². The van der Waals surface area contributed by atoms with Crippen molar-refractivity contribution in [2.45, 2.75) is 12.6 Å². The van der Waals surface area contributed by atoms with Crippen LogP contribution in [0.1, 0.15) is 17.2 Å². The Bertz CT molecular complexity index is 602. The van der Waals surface area contributed by atoms with Crippen molar-refractivity contribution >= 4 is 5.97 Å². The lowest BCUT2D eigenvalue weighted by atomic mass is 10.1. The van der Waals surface area contributed by atoms with Crippen LogP contribution in [0.4, 0.5) is 8.78 Å². The second-order valence-corrected chi connectivity index (χ2v) is 4.30. The van der Waals surface area contributed by atoms with Crippen LogP contribution in [0.2, 0.25) is 0 Å². The van der Waals surface area contributed by atoms with E-state index < -0.39 is 23.6 Å². The van der Waals surface area contributed by atoms with Crippen molar-refractivity contribution in [2.75, 3.05) is 0 Å². The zero-order chi connectivity index (χ0) is 14.5. The molecule has 3 nitrogen and oxygen atoms in total. The number of hydrogen-bond donors (Lipinski definition) is 2. The summed E-state index contributed by atoms with van der Waals surface area (Å²) in [5.74, 6) is -2.21. The van der Waals surface area contributed by atoms with E-state index in [1.807, 2.05) is 0 Å². The van der Waals surface area contributed by atoms with Crippen molar-refractivity contribution < 1.29 is 18.7 Å². The molecule has 2 aromatic rings. The molecule has 0 bridgehead atoms. The molecule has 0 saturated carbocycles. The summed E-state index contributed by atoms with van der Waals surface area (Å²) in [5, 5.41) is 11.9. The number of carbonyl (C=O) groups is 1. The summed E-state index contributed by atoms with van der Waals surface area (Å²) in [7, 11) is 0. The maximum absolute atomic E-state index is 13.5. The number of nitrogens with one attached hydrogen (secondary N) is 1. The van der Waals surface area contributed by atoms with Gasteiger partial charge >= 0.3 is 5.97 Å². The Morgan fingerprint density at radius 1 is 1.15 bits per heavy atom. The second kappa shape index (κ2) is 6.25. The molecule has 0 radical (unpaired) electrons. The molecule has 2 aromatic carbocycles. The molecular weight excluding hydrogens is 264 g/mol. The van der Waals surface area contributed by atoms with Crippen LogP contribution in [0.15, 0.2) is 48.5 Å². The zero-order valence-electron chi connectivity index (χ0n) is 10.5. The molecule has 0 heterocycles. The highest BCUT2D eigenvalue weighted by Crippen LogP contribution is 2.15. The van der Waals surface area contributed by atoms with Gasteiger partial charge in [0.15, 0.2) is 0 Å². The molecule has 0 saturated heterocycles. The van der Waals surface area contributed by atoms with Crippen LogP contribution >= 0.6 is 0 Å². The Kier molecular flexibility index (Phi) is 4.42. The first-order valence-electron chi connectivity index (χ1n) is 6.03. The minimum absolute atomic E-state index is 0.0740. The normalized spacial score (nSPS) is 12.1. The number of hydrogen-bond acceptors (Lipinski definition) is 2. The van der Waals surface area contributed by atoms with Gasteiger partial charge in [0, 0.05) is 12.1 Å². The van der Waals surface area contributed by atoms with E-state index in [1.165, 1.54) is 0 Å². The first-order valence-corrected chi connectivity index (χ1v) is 6.03. The van der Waals surface area contributed by atoms with Crippen molar-refractivity contribution in [3.8, 4) is 0 Å². The second-order valence-electron chi connectivity index (χ2n) is 4.30. The van der Waals surface area contributed by atoms with Crippen molar-refractivity contribution in [1.29, 1.82) is 0 Å². The largest absolute Gasteiger partial charge is 0.480 e. The molecule has 0 fully saturated rings. The van der Waals surface area contributed by atoms with E-state index >= 15 is 0 Å². The van der Waals surface area contributed by atoms with Gasteiger partial charge in [-0.3, -0.25) is 10.1 Å². The number of carboxylic acids is 1. The molecular formula is C15H13F2NO2. The lowest BCUT2D eigenvalue weighted by Gasteiger charge is -2.15. The molecule has 0 aromatic heterocycles. The maximum Gasteiger partial charge on any atom is 0.325 e. The first-order chi connectivity index (χ1) is 9.58. The summed E-state index contributed by atoms with van der Waals surface area (Å²) >= 11 is 0. The third-order valence-electron chi connectivity index (χ3n) is 2.88. The van der Waals surface area contributed by atoms with Crippen molar-refractivity contribution in [3.63, 3.8) is 0 Å². The Labute approximate surface area is 114 Å². The highest BCUT2D eigenvalue weighted by molar-refractivity contribution is 5.75. The van der Waals surface area contributed by atoms with Crippen LogP contribution in [-0.2, 0) is 11.3 Å². The number of aliphatic carboxylic acids is 1. The molecule has 0 spiro atoms. The predicted molar refractivity (Wildman–Crippen MR) is 70.0 cm³/mol. The molecule has 0 amide bonds. The van der Waals surface area contributed by atoms with Crippen LogP contribution < -0.4 is 5.32 Å². The van der Waals surface area contributed by atoms with Crippen LogP contribution in [0.3, 0.4) is 0 Å². The minimum Gasteiger partial charge on any atom is -0.480 e. The summed E-state index contributed by atoms with van der Waals surface area (Å²) in [6.45, 7) is -0.0740. The van der Waals surface area contributed by atoms with Gasteiger partial charge in [0.25, 0.3) is 0 Å². The van der Waals surface area contributed by atoms with Crippen molar-refractivity contribution in [1.82, 2.24) is 5.32 Å². The lowest BCUT2D eigenvalue weighted by Crippen LogP contribution is -2.28. The Hall–Kier alpha value is -2.27. The third kappa shape index (κ3) is 3.39. The minimum atomic E-state index is -1.08. The molecule has 20 heavy (non-hydrogen) atoms. The van der Waals surface area contributed by atoms with Crippen molar-refractivity contribution in [3.05, 3.63) is 71.3 Å². The summed E-state index contributed by atoms with van der Waals surface area (Å²) in [5.41, 5.74) is 0.643. The lowest BCUT2D eigenvalue weighted by molar-refractivity contribution is -0.139. The fraction of sp³-hybridized carbons (Fsp3) is 0.133. The molecule has 0 aliphatic carbocycles. The smallest absolute Gasteiger partial charge is 0.325 e. The highest BCUT2D eigenvalue weighted by atomic mass is 19.1. The zero-order valence-corrected chi connectivity index (χ0v) is 10.5. The molecule has 5 heteroatoms. The van der Waals surface area contributed by atoms with E-state index in [0.717, 1.165) is 18.2 Å². The average molecular weight is 277 g/mol. The van der Waals surface area contributed by atoms with Gasteiger partial charge < -0.3 is 5.11 Å². The van der Waals surface area contributed by atoms with Gasteiger partial charge in [-0.2, -0.15) is 0 Å². The fourth-order valence-corrected chi connectivity index (χ4v) is 1.88. The molecule has 2 N–H and O–H groups in total. The average Bonchev–Trinajstić information content (AvgIpc) is 2.43. The number of carboxylic acid groups (broad SMARTS) is 1. The predicted octanol–water partition coefficient (Wildman–Crippen LogP) is 2.88. The Morgan fingerprint density at radius 2 is 1.85 bits per heavy atom. The molecule has 2 rings (SSSR count). The van der Waals surface area contributed by atoms with Crippen LogP contribution in [0.25, 0.3) is 0 Å². The highest BCUT2D eigenvalue weighted by Gasteiger charge is 2.19. The topological polar surface area (TPSA) is 49.3 Å². The first kappa shape index (κ1) is 14.1. The fourth-order valence-electron chi connectivity index (χ4n) is 1.88.